The fourth-order valence-electron chi connectivity index (χ4n) is 2.40. The Hall–Kier alpha value is -1.40. The lowest BCUT2D eigenvalue weighted by atomic mass is 10.1. The van der Waals surface area contributed by atoms with E-state index < -0.39 is 5.79 Å². The van der Waals surface area contributed by atoms with Gasteiger partial charge in [0.15, 0.2) is 5.79 Å². The van der Waals surface area contributed by atoms with Gasteiger partial charge in [-0.1, -0.05) is 24.3 Å². The van der Waals surface area contributed by atoms with Crippen molar-refractivity contribution in [2.75, 3.05) is 20.3 Å². The van der Waals surface area contributed by atoms with Crippen LogP contribution in [0.5, 0.6) is 5.75 Å². The van der Waals surface area contributed by atoms with E-state index >= 15 is 0 Å². The Morgan fingerprint density at radius 1 is 1.08 bits per heavy atom. The van der Waals surface area contributed by atoms with Crippen LogP contribution in [-0.4, -0.2) is 42.4 Å². The van der Waals surface area contributed by atoms with Gasteiger partial charge in [0, 0.05) is 6.61 Å². The van der Waals surface area contributed by atoms with E-state index in [-0.39, 0.29) is 12.7 Å². The highest BCUT2D eigenvalue weighted by Gasteiger charge is 2.19. The Morgan fingerprint density at radius 2 is 1.76 bits per heavy atom. The van der Waals surface area contributed by atoms with Crippen molar-refractivity contribution in [3.63, 3.8) is 0 Å². The van der Waals surface area contributed by atoms with E-state index in [9.17, 15) is 5.11 Å². The summed E-state index contributed by atoms with van der Waals surface area (Å²) in [5.41, 5.74) is 1.13. The van der Waals surface area contributed by atoms with Crippen molar-refractivity contribution in [2.24, 2.45) is 0 Å². The first-order chi connectivity index (χ1) is 11.9. The van der Waals surface area contributed by atoms with Crippen molar-refractivity contribution >= 4 is 0 Å². The first-order valence-corrected chi connectivity index (χ1v) is 8.81. The van der Waals surface area contributed by atoms with Crippen LogP contribution in [0.25, 0.3) is 0 Å². The minimum atomic E-state index is -1.17. The molecule has 0 aromatic heterocycles. The van der Waals surface area contributed by atoms with Crippen molar-refractivity contribution in [1.82, 2.24) is 0 Å². The summed E-state index contributed by atoms with van der Waals surface area (Å²) in [7, 11) is 1.65. The highest BCUT2D eigenvalue weighted by atomic mass is 16.6. The molecule has 0 amide bonds. The lowest BCUT2D eigenvalue weighted by Gasteiger charge is -2.25. The molecule has 25 heavy (non-hydrogen) atoms. The number of allylic oxidation sites excluding steroid dienone is 1. The van der Waals surface area contributed by atoms with E-state index in [1.54, 1.807) is 21.0 Å². The van der Waals surface area contributed by atoms with Crippen molar-refractivity contribution in [3.05, 3.63) is 42.0 Å². The molecule has 0 spiro atoms. The molecule has 0 fully saturated rings. The molecule has 0 heterocycles. The molecule has 0 aliphatic carbocycles. The maximum absolute atomic E-state index is 9.69. The van der Waals surface area contributed by atoms with Gasteiger partial charge in [0.2, 0.25) is 0 Å². The zero-order valence-electron chi connectivity index (χ0n) is 15.6. The number of hydrogen-bond donors (Lipinski definition) is 2. The molecule has 142 valence electrons. The first-order valence-electron chi connectivity index (χ1n) is 8.81. The number of aliphatic hydroxyl groups is 2. The molecule has 1 aromatic rings. The summed E-state index contributed by atoms with van der Waals surface area (Å²) in [6.45, 7) is 4.53. The van der Waals surface area contributed by atoms with Gasteiger partial charge in [-0.15, -0.1) is 0 Å². The average Bonchev–Trinajstić information content (AvgIpc) is 2.56. The number of hydrogen-bond acceptors (Lipinski definition) is 5. The predicted octanol–water partition coefficient (Wildman–Crippen LogP) is 3.43. The Balaban J connectivity index is 2.14. The van der Waals surface area contributed by atoms with E-state index in [4.69, 9.17) is 19.3 Å². The van der Waals surface area contributed by atoms with Gasteiger partial charge in [-0.3, -0.25) is 0 Å². The van der Waals surface area contributed by atoms with E-state index in [0.29, 0.717) is 19.6 Å². The van der Waals surface area contributed by atoms with Crippen LogP contribution in [-0.2, 0) is 16.1 Å². The van der Waals surface area contributed by atoms with Gasteiger partial charge in [0.25, 0.3) is 0 Å². The van der Waals surface area contributed by atoms with E-state index in [1.165, 1.54) is 0 Å². The predicted molar refractivity (Wildman–Crippen MR) is 98.5 cm³/mol. The molecule has 2 N–H and O–H groups in total. The molecule has 5 nitrogen and oxygen atoms in total. The average molecular weight is 352 g/mol. The summed E-state index contributed by atoms with van der Waals surface area (Å²) in [4.78, 5) is 0. The summed E-state index contributed by atoms with van der Waals surface area (Å²) in [5.74, 6) is -0.321. The summed E-state index contributed by atoms with van der Waals surface area (Å²) < 4.78 is 16.3. The van der Waals surface area contributed by atoms with Crippen molar-refractivity contribution in [2.45, 2.75) is 58.0 Å². The largest absolute Gasteiger partial charge is 0.497 e. The third-order valence-corrected chi connectivity index (χ3v) is 3.58. The van der Waals surface area contributed by atoms with E-state index in [0.717, 1.165) is 30.6 Å². The normalized spacial score (nSPS) is 13.3. The quantitative estimate of drug-likeness (QED) is 0.323. The fourth-order valence-corrected chi connectivity index (χ4v) is 2.40. The second-order valence-electron chi connectivity index (χ2n) is 6.44. The zero-order valence-corrected chi connectivity index (χ0v) is 15.6. The molecule has 1 aromatic carbocycles. The third-order valence-electron chi connectivity index (χ3n) is 3.58. The van der Waals surface area contributed by atoms with Crippen LogP contribution in [0.3, 0.4) is 0 Å². The van der Waals surface area contributed by atoms with Gasteiger partial charge in [-0.25, -0.2) is 0 Å². The van der Waals surface area contributed by atoms with Crippen LogP contribution in [0.15, 0.2) is 36.4 Å². The number of benzene rings is 1. The fraction of sp³-hybridized carbons (Fsp3) is 0.600. The summed E-state index contributed by atoms with van der Waals surface area (Å²) in [6.07, 6.45) is 7.05. The molecule has 1 atom stereocenters. The standard InChI is InChI=1S/C20H32O5/c1-20(2,22)25-19(13-14-21)8-6-4-5-7-15-24-16-17-9-11-18(23-3)12-10-17/h4-5,9-12,19,21-22H,6-8,13-16H2,1-3H3/t19-/m1/s1. The van der Waals surface area contributed by atoms with E-state index in [2.05, 4.69) is 12.2 Å². The topological polar surface area (TPSA) is 68.2 Å². The van der Waals surface area contributed by atoms with Gasteiger partial charge < -0.3 is 24.4 Å². The summed E-state index contributed by atoms with van der Waals surface area (Å²) in [6, 6.07) is 7.85. The Morgan fingerprint density at radius 3 is 2.36 bits per heavy atom. The number of ether oxygens (including phenoxy) is 3. The number of aliphatic hydroxyl groups excluding tert-OH is 1. The van der Waals surface area contributed by atoms with Crippen molar-refractivity contribution in [1.29, 1.82) is 0 Å². The smallest absolute Gasteiger partial charge is 0.160 e. The monoisotopic (exact) mass is 352 g/mol. The molecule has 0 unspecified atom stereocenters. The minimum Gasteiger partial charge on any atom is -0.497 e. The van der Waals surface area contributed by atoms with Crippen LogP contribution in [0, 0.1) is 0 Å². The molecule has 0 aliphatic heterocycles. The van der Waals surface area contributed by atoms with E-state index in [1.807, 2.05) is 24.3 Å². The van der Waals surface area contributed by atoms with Gasteiger partial charge in [-0.05, 0) is 57.2 Å². The van der Waals surface area contributed by atoms with Crippen LogP contribution >= 0.6 is 0 Å². The zero-order chi connectivity index (χ0) is 18.5. The van der Waals surface area contributed by atoms with Crippen LogP contribution in [0.4, 0.5) is 0 Å². The van der Waals surface area contributed by atoms with Gasteiger partial charge in [-0.2, -0.15) is 0 Å². The molecule has 5 heteroatoms. The molecule has 0 bridgehead atoms. The lowest BCUT2D eigenvalue weighted by molar-refractivity contribution is -0.209. The molecule has 0 saturated heterocycles. The Kier molecular flexibility index (Phi) is 10.4. The molecular weight excluding hydrogens is 320 g/mol. The molecule has 1 rings (SSSR count). The van der Waals surface area contributed by atoms with Crippen molar-refractivity contribution < 1.29 is 24.4 Å². The van der Waals surface area contributed by atoms with Gasteiger partial charge in [0.05, 0.1) is 26.4 Å². The molecule has 0 saturated carbocycles. The molecule has 0 radical (unpaired) electrons. The molecular formula is C20H32O5. The third kappa shape index (κ3) is 10.9. The highest BCUT2D eigenvalue weighted by Crippen LogP contribution is 2.15. The molecule has 0 aliphatic rings. The summed E-state index contributed by atoms with van der Waals surface area (Å²) in [5, 5.41) is 18.7. The number of methoxy groups -OCH3 is 1. The Bertz CT molecular complexity index is 476. The van der Waals surface area contributed by atoms with Crippen LogP contribution in [0.2, 0.25) is 0 Å². The first kappa shape index (κ1) is 21.6. The number of rotatable bonds is 13. The van der Waals surface area contributed by atoms with Gasteiger partial charge in [0.1, 0.15) is 5.75 Å². The second-order valence-corrected chi connectivity index (χ2v) is 6.44. The highest BCUT2D eigenvalue weighted by molar-refractivity contribution is 5.26. The Labute approximate surface area is 151 Å². The SMILES string of the molecule is COc1ccc(COCCC=CCC[C@H](CCO)OC(C)(C)O)cc1. The maximum atomic E-state index is 9.69. The van der Waals surface area contributed by atoms with Crippen molar-refractivity contribution in [3.8, 4) is 5.75 Å². The summed E-state index contributed by atoms with van der Waals surface area (Å²) >= 11 is 0. The van der Waals surface area contributed by atoms with Gasteiger partial charge >= 0.3 is 0 Å². The second kappa shape index (κ2) is 12.0. The van der Waals surface area contributed by atoms with Crippen LogP contribution < -0.4 is 4.74 Å². The van der Waals surface area contributed by atoms with Crippen LogP contribution in [0.1, 0.15) is 45.1 Å². The maximum Gasteiger partial charge on any atom is 0.160 e. The lowest BCUT2D eigenvalue weighted by Crippen LogP contribution is -2.30. The minimum absolute atomic E-state index is 0.0592.